The van der Waals surface area contributed by atoms with E-state index < -0.39 is 0 Å². The lowest BCUT2D eigenvalue weighted by Gasteiger charge is -2.09. The number of nitrogens with zero attached hydrogens (tertiary/aromatic N) is 1. The monoisotopic (exact) mass is 248 g/mol. The molecule has 1 amide bonds. The average molecular weight is 248 g/mol. The second kappa shape index (κ2) is 7.88. The molecule has 0 fully saturated rings. The van der Waals surface area contributed by atoms with E-state index in [1.807, 2.05) is 14.1 Å². The molecule has 0 aromatic heterocycles. The van der Waals surface area contributed by atoms with Crippen molar-refractivity contribution in [2.24, 2.45) is 0 Å². The van der Waals surface area contributed by atoms with E-state index in [0.717, 1.165) is 25.9 Å². The topological polar surface area (TPSA) is 32.3 Å². The Morgan fingerprint density at radius 3 is 2.50 bits per heavy atom. The molecule has 0 spiro atoms. The third-order valence-corrected chi connectivity index (χ3v) is 2.87. The molecular formula is C15H24N2O. The first kappa shape index (κ1) is 14.7. The maximum atomic E-state index is 11.6. The lowest BCUT2D eigenvalue weighted by Crippen LogP contribution is -2.27. The number of amides is 1. The van der Waals surface area contributed by atoms with Gasteiger partial charge in [-0.25, -0.2) is 0 Å². The van der Waals surface area contributed by atoms with Crippen LogP contribution in [0.1, 0.15) is 24.0 Å². The first-order valence-electron chi connectivity index (χ1n) is 6.55. The smallest absolute Gasteiger partial charge is 0.220 e. The normalized spacial score (nSPS) is 10.7. The van der Waals surface area contributed by atoms with Gasteiger partial charge < -0.3 is 10.2 Å². The van der Waals surface area contributed by atoms with Crippen LogP contribution in [0.5, 0.6) is 0 Å². The lowest BCUT2D eigenvalue weighted by atomic mass is 10.1. The second-order valence-corrected chi connectivity index (χ2v) is 4.99. The van der Waals surface area contributed by atoms with Gasteiger partial charge in [-0.15, -0.1) is 0 Å². The highest BCUT2D eigenvalue weighted by atomic mass is 16.1. The summed E-state index contributed by atoms with van der Waals surface area (Å²) in [5.74, 6) is 0.148. The van der Waals surface area contributed by atoms with Crippen molar-refractivity contribution >= 4 is 5.91 Å². The van der Waals surface area contributed by atoms with E-state index >= 15 is 0 Å². The van der Waals surface area contributed by atoms with Crippen molar-refractivity contribution in [1.82, 2.24) is 10.2 Å². The maximum Gasteiger partial charge on any atom is 0.220 e. The zero-order valence-corrected chi connectivity index (χ0v) is 11.7. The standard InChI is InChI=1S/C15H24N2O/c1-13-5-7-14(8-6-13)9-10-15(18)16-11-4-12-17(2)3/h5-8H,4,9-12H2,1-3H3,(H,16,18). The molecule has 0 atom stereocenters. The number of aryl methyl sites for hydroxylation is 2. The minimum absolute atomic E-state index is 0.148. The molecule has 3 nitrogen and oxygen atoms in total. The fraction of sp³-hybridized carbons (Fsp3) is 0.533. The Bertz CT molecular complexity index is 357. The van der Waals surface area contributed by atoms with Gasteiger partial charge in [0.1, 0.15) is 0 Å². The number of carbonyl (C=O) groups is 1. The van der Waals surface area contributed by atoms with E-state index in [1.54, 1.807) is 0 Å². The molecule has 0 bridgehead atoms. The minimum atomic E-state index is 0.148. The van der Waals surface area contributed by atoms with Crippen molar-refractivity contribution in [2.75, 3.05) is 27.2 Å². The Morgan fingerprint density at radius 1 is 1.22 bits per heavy atom. The minimum Gasteiger partial charge on any atom is -0.356 e. The summed E-state index contributed by atoms with van der Waals surface area (Å²) in [6.45, 7) is 3.85. The van der Waals surface area contributed by atoms with E-state index in [2.05, 4.69) is 41.4 Å². The van der Waals surface area contributed by atoms with Crippen LogP contribution in [0.2, 0.25) is 0 Å². The van der Waals surface area contributed by atoms with Crippen LogP contribution < -0.4 is 5.32 Å². The summed E-state index contributed by atoms with van der Waals surface area (Å²) < 4.78 is 0. The molecule has 0 aliphatic heterocycles. The molecule has 1 aromatic rings. The van der Waals surface area contributed by atoms with Crippen LogP contribution in [-0.2, 0) is 11.2 Å². The van der Waals surface area contributed by atoms with Crippen LogP contribution in [0.15, 0.2) is 24.3 Å². The molecule has 0 heterocycles. The van der Waals surface area contributed by atoms with Crippen molar-refractivity contribution in [2.45, 2.75) is 26.2 Å². The van der Waals surface area contributed by atoms with Crippen LogP contribution in [0, 0.1) is 6.92 Å². The number of rotatable bonds is 7. The summed E-state index contributed by atoms with van der Waals surface area (Å²) in [6.07, 6.45) is 2.40. The number of carbonyl (C=O) groups excluding carboxylic acids is 1. The predicted molar refractivity (Wildman–Crippen MR) is 75.7 cm³/mol. The van der Waals surface area contributed by atoms with Gasteiger partial charge in [-0.1, -0.05) is 29.8 Å². The van der Waals surface area contributed by atoms with E-state index in [4.69, 9.17) is 0 Å². The molecular weight excluding hydrogens is 224 g/mol. The van der Waals surface area contributed by atoms with Crippen molar-refractivity contribution in [1.29, 1.82) is 0 Å². The summed E-state index contributed by atoms with van der Waals surface area (Å²) in [6, 6.07) is 8.36. The molecule has 0 saturated carbocycles. The highest BCUT2D eigenvalue weighted by Gasteiger charge is 2.01. The van der Waals surface area contributed by atoms with E-state index in [0.29, 0.717) is 6.42 Å². The first-order chi connectivity index (χ1) is 8.58. The molecule has 18 heavy (non-hydrogen) atoms. The van der Waals surface area contributed by atoms with Gasteiger partial charge in [0.2, 0.25) is 5.91 Å². The number of nitrogens with one attached hydrogen (secondary N) is 1. The summed E-state index contributed by atoms with van der Waals surface area (Å²) in [5.41, 5.74) is 2.48. The Kier molecular flexibility index (Phi) is 6.44. The Morgan fingerprint density at radius 2 is 1.89 bits per heavy atom. The van der Waals surface area contributed by atoms with Gasteiger partial charge in [0, 0.05) is 13.0 Å². The van der Waals surface area contributed by atoms with E-state index in [1.165, 1.54) is 11.1 Å². The molecule has 1 rings (SSSR count). The summed E-state index contributed by atoms with van der Waals surface area (Å²) in [5, 5.41) is 2.95. The third-order valence-electron chi connectivity index (χ3n) is 2.87. The zero-order valence-electron chi connectivity index (χ0n) is 11.7. The molecule has 100 valence electrons. The van der Waals surface area contributed by atoms with Gasteiger partial charge in [0.25, 0.3) is 0 Å². The average Bonchev–Trinajstić information content (AvgIpc) is 2.34. The molecule has 3 heteroatoms. The Hall–Kier alpha value is -1.35. The summed E-state index contributed by atoms with van der Waals surface area (Å²) in [4.78, 5) is 13.7. The maximum absolute atomic E-state index is 11.6. The molecule has 0 aliphatic rings. The van der Waals surface area contributed by atoms with Crippen molar-refractivity contribution in [3.05, 3.63) is 35.4 Å². The van der Waals surface area contributed by atoms with Gasteiger partial charge in [-0.3, -0.25) is 4.79 Å². The van der Waals surface area contributed by atoms with Crippen molar-refractivity contribution < 1.29 is 4.79 Å². The molecule has 0 saturated heterocycles. The molecule has 0 aliphatic carbocycles. The van der Waals surface area contributed by atoms with E-state index in [-0.39, 0.29) is 5.91 Å². The highest BCUT2D eigenvalue weighted by Crippen LogP contribution is 2.05. The second-order valence-electron chi connectivity index (χ2n) is 4.99. The van der Waals surface area contributed by atoms with Gasteiger partial charge >= 0.3 is 0 Å². The van der Waals surface area contributed by atoms with Crippen molar-refractivity contribution in [3.63, 3.8) is 0 Å². The highest BCUT2D eigenvalue weighted by molar-refractivity contribution is 5.76. The summed E-state index contributed by atoms with van der Waals surface area (Å²) >= 11 is 0. The quantitative estimate of drug-likeness (QED) is 0.749. The Balaban J connectivity index is 2.15. The van der Waals surface area contributed by atoms with Gasteiger partial charge in [0.15, 0.2) is 0 Å². The van der Waals surface area contributed by atoms with Crippen molar-refractivity contribution in [3.8, 4) is 0 Å². The molecule has 0 radical (unpaired) electrons. The lowest BCUT2D eigenvalue weighted by molar-refractivity contribution is -0.121. The number of benzene rings is 1. The van der Waals surface area contributed by atoms with Crippen LogP contribution in [0.4, 0.5) is 0 Å². The predicted octanol–water partition coefficient (Wildman–Crippen LogP) is 2.00. The van der Waals surface area contributed by atoms with Gasteiger partial charge in [-0.05, 0) is 46.0 Å². The fourth-order valence-electron chi connectivity index (χ4n) is 1.72. The number of hydrogen-bond donors (Lipinski definition) is 1. The van der Waals surface area contributed by atoms with Gasteiger partial charge in [-0.2, -0.15) is 0 Å². The fourth-order valence-corrected chi connectivity index (χ4v) is 1.72. The van der Waals surface area contributed by atoms with Gasteiger partial charge in [0.05, 0.1) is 0 Å². The van der Waals surface area contributed by atoms with E-state index in [9.17, 15) is 4.79 Å². The molecule has 1 N–H and O–H groups in total. The zero-order chi connectivity index (χ0) is 13.4. The first-order valence-corrected chi connectivity index (χ1v) is 6.55. The Labute approximate surface area is 110 Å². The largest absolute Gasteiger partial charge is 0.356 e. The van der Waals surface area contributed by atoms with Crippen LogP contribution in [0.3, 0.4) is 0 Å². The molecule has 0 unspecified atom stereocenters. The summed E-state index contributed by atoms with van der Waals surface area (Å²) in [7, 11) is 4.08. The van der Waals surface area contributed by atoms with Crippen LogP contribution in [0.25, 0.3) is 0 Å². The molecule has 1 aromatic carbocycles. The van der Waals surface area contributed by atoms with Crippen LogP contribution in [-0.4, -0.2) is 38.0 Å². The third kappa shape index (κ3) is 6.40. The van der Waals surface area contributed by atoms with Crippen LogP contribution >= 0.6 is 0 Å². The number of hydrogen-bond acceptors (Lipinski definition) is 2. The SMILES string of the molecule is Cc1ccc(CCC(=O)NCCCN(C)C)cc1.